The number of nitrogens with zero attached hydrogens (tertiary/aromatic N) is 1. The first-order chi connectivity index (χ1) is 8.97. The van der Waals surface area contributed by atoms with Crippen LogP contribution in [0.4, 0.5) is 20.2 Å². The first kappa shape index (κ1) is 13.4. The number of hydrogen-bond donors (Lipinski definition) is 2. The smallest absolute Gasteiger partial charge is 0.150 e. The zero-order valence-corrected chi connectivity index (χ0v) is 10.9. The van der Waals surface area contributed by atoms with E-state index in [1.165, 1.54) is 6.20 Å². The summed E-state index contributed by atoms with van der Waals surface area (Å²) in [5.74, 6) is -1.52. The van der Waals surface area contributed by atoms with Gasteiger partial charge in [-0.3, -0.25) is 4.98 Å². The minimum atomic E-state index is -0.760. The van der Waals surface area contributed by atoms with E-state index in [1.807, 2.05) is 6.92 Å². The monoisotopic (exact) mass is 279 g/mol. The third kappa shape index (κ3) is 3.03. The molecule has 98 valence electrons. The maximum absolute atomic E-state index is 13.8. The number of halogens is 2. The Bertz CT molecular complexity index is 621. The first-order valence-corrected chi connectivity index (χ1v) is 5.85. The standard InChI is InChI=1S/C13H11F2N3S/c1-7-2-9(6-17-5-7)18-12-10(14)3-8(13(16)19)4-11(12)15/h2-6,18H,1H3,(H2,16,19). The number of aryl methyl sites for hydroxylation is 1. The van der Waals surface area contributed by atoms with Crippen LogP contribution in [0.1, 0.15) is 11.1 Å². The first-order valence-electron chi connectivity index (χ1n) is 5.45. The molecule has 0 saturated heterocycles. The molecular formula is C13H11F2N3S. The van der Waals surface area contributed by atoms with E-state index in [0.29, 0.717) is 5.69 Å². The fourth-order valence-corrected chi connectivity index (χ4v) is 1.72. The van der Waals surface area contributed by atoms with Crippen LogP contribution in [0.5, 0.6) is 0 Å². The van der Waals surface area contributed by atoms with Crippen molar-refractivity contribution in [2.75, 3.05) is 5.32 Å². The van der Waals surface area contributed by atoms with Crippen LogP contribution in [0.15, 0.2) is 30.6 Å². The Morgan fingerprint density at radius 3 is 2.37 bits per heavy atom. The largest absolute Gasteiger partial charge is 0.389 e. The van der Waals surface area contributed by atoms with Crippen LogP contribution in [-0.4, -0.2) is 9.97 Å². The van der Waals surface area contributed by atoms with E-state index in [0.717, 1.165) is 17.7 Å². The lowest BCUT2D eigenvalue weighted by Crippen LogP contribution is -2.11. The fourth-order valence-electron chi connectivity index (χ4n) is 1.60. The lowest BCUT2D eigenvalue weighted by molar-refractivity contribution is 0.590. The third-order valence-corrected chi connectivity index (χ3v) is 2.71. The van der Waals surface area contributed by atoms with E-state index in [9.17, 15) is 8.78 Å². The van der Waals surface area contributed by atoms with Crippen LogP contribution in [-0.2, 0) is 0 Å². The summed E-state index contributed by atoms with van der Waals surface area (Å²) in [5.41, 5.74) is 6.62. The van der Waals surface area contributed by atoms with Crippen LogP contribution in [0, 0.1) is 18.6 Å². The molecular weight excluding hydrogens is 268 g/mol. The summed E-state index contributed by atoms with van der Waals surface area (Å²) in [7, 11) is 0. The molecule has 0 bridgehead atoms. The Hall–Kier alpha value is -2.08. The summed E-state index contributed by atoms with van der Waals surface area (Å²) >= 11 is 4.69. The normalized spacial score (nSPS) is 10.3. The van der Waals surface area contributed by atoms with Crippen molar-refractivity contribution < 1.29 is 8.78 Å². The minimum absolute atomic E-state index is 0.0541. The van der Waals surface area contributed by atoms with Gasteiger partial charge in [0.15, 0.2) is 0 Å². The van der Waals surface area contributed by atoms with Crippen molar-refractivity contribution >= 4 is 28.6 Å². The molecule has 19 heavy (non-hydrogen) atoms. The molecule has 3 nitrogen and oxygen atoms in total. The Balaban J connectivity index is 2.38. The number of thiocarbonyl (C=S) groups is 1. The zero-order valence-electron chi connectivity index (χ0n) is 10.1. The molecule has 0 unspecified atom stereocenters. The fraction of sp³-hybridized carbons (Fsp3) is 0.0769. The van der Waals surface area contributed by atoms with Crippen molar-refractivity contribution in [2.24, 2.45) is 5.73 Å². The molecule has 1 heterocycles. The summed E-state index contributed by atoms with van der Waals surface area (Å²) < 4.78 is 27.6. The molecule has 1 aromatic carbocycles. The number of nitrogens with one attached hydrogen (secondary N) is 1. The van der Waals surface area contributed by atoms with Gasteiger partial charge in [0.05, 0.1) is 11.9 Å². The van der Waals surface area contributed by atoms with Crippen LogP contribution < -0.4 is 11.1 Å². The van der Waals surface area contributed by atoms with E-state index < -0.39 is 11.6 Å². The van der Waals surface area contributed by atoms with E-state index in [4.69, 9.17) is 5.73 Å². The number of rotatable bonds is 3. The van der Waals surface area contributed by atoms with Crippen molar-refractivity contribution in [3.63, 3.8) is 0 Å². The van der Waals surface area contributed by atoms with Crippen molar-refractivity contribution in [3.8, 4) is 0 Å². The average molecular weight is 279 g/mol. The molecule has 0 aliphatic rings. The van der Waals surface area contributed by atoms with E-state index in [2.05, 4.69) is 22.5 Å². The maximum Gasteiger partial charge on any atom is 0.150 e. The molecule has 6 heteroatoms. The Labute approximate surface area is 114 Å². The number of nitrogens with two attached hydrogens (primary N) is 1. The van der Waals surface area contributed by atoms with Gasteiger partial charge in [0.2, 0.25) is 0 Å². The maximum atomic E-state index is 13.8. The summed E-state index contributed by atoms with van der Waals surface area (Å²) in [4.78, 5) is 3.88. The van der Waals surface area contributed by atoms with Gasteiger partial charge in [0, 0.05) is 11.8 Å². The number of anilines is 2. The van der Waals surface area contributed by atoms with Crippen molar-refractivity contribution in [2.45, 2.75) is 6.92 Å². The highest BCUT2D eigenvalue weighted by Gasteiger charge is 2.12. The highest BCUT2D eigenvalue weighted by atomic mass is 32.1. The summed E-state index contributed by atoms with van der Waals surface area (Å²) in [6, 6.07) is 3.92. The molecule has 0 amide bonds. The van der Waals surface area contributed by atoms with Gasteiger partial charge in [-0.05, 0) is 30.7 Å². The highest BCUT2D eigenvalue weighted by molar-refractivity contribution is 7.80. The molecule has 0 fully saturated rings. The Kier molecular flexibility index (Phi) is 3.71. The molecule has 0 spiro atoms. The molecule has 2 rings (SSSR count). The lowest BCUT2D eigenvalue weighted by Gasteiger charge is -2.10. The topological polar surface area (TPSA) is 50.9 Å². The molecule has 0 aliphatic carbocycles. The number of hydrogen-bond acceptors (Lipinski definition) is 3. The van der Waals surface area contributed by atoms with Crippen molar-refractivity contribution in [1.82, 2.24) is 4.98 Å². The van der Waals surface area contributed by atoms with Gasteiger partial charge in [0.25, 0.3) is 0 Å². The van der Waals surface area contributed by atoms with Crippen molar-refractivity contribution in [3.05, 3.63) is 53.4 Å². The average Bonchev–Trinajstić information content (AvgIpc) is 2.33. The minimum Gasteiger partial charge on any atom is -0.389 e. The predicted octanol–water partition coefficient (Wildman–Crippen LogP) is 3.05. The van der Waals surface area contributed by atoms with Gasteiger partial charge < -0.3 is 11.1 Å². The van der Waals surface area contributed by atoms with E-state index >= 15 is 0 Å². The van der Waals surface area contributed by atoms with Gasteiger partial charge in [-0.1, -0.05) is 12.2 Å². The van der Waals surface area contributed by atoms with Crippen LogP contribution in [0.25, 0.3) is 0 Å². The lowest BCUT2D eigenvalue weighted by atomic mass is 10.1. The highest BCUT2D eigenvalue weighted by Crippen LogP contribution is 2.24. The van der Waals surface area contributed by atoms with Gasteiger partial charge >= 0.3 is 0 Å². The van der Waals surface area contributed by atoms with E-state index in [-0.39, 0.29) is 16.2 Å². The summed E-state index contributed by atoms with van der Waals surface area (Å²) in [6.45, 7) is 1.83. The second-order valence-corrected chi connectivity index (χ2v) is 4.49. The van der Waals surface area contributed by atoms with Crippen LogP contribution >= 0.6 is 12.2 Å². The quantitative estimate of drug-likeness (QED) is 0.848. The van der Waals surface area contributed by atoms with Gasteiger partial charge in [-0.25, -0.2) is 8.78 Å². The number of benzene rings is 1. The summed E-state index contributed by atoms with van der Waals surface area (Å²) in [6.07, 6.45) is 3.13. The molecule has 3 N–H and O–H groups in total. The van der Waals surface area contributed by atoms with Crippen molar-refractivity contribution in [1.29, 1.82) is 0 Å². The molecule has 0 saturated carbocycles. The van der Waals surface area contributed by atoms with Gasteiger partial charge in [-0.15, -0.1) is 0 Å². The van der Waals surface area contributed by atoms with Crippen LogP contribution in [0.2, 0.25) is 0 Å². The van der Waals surface area contributed by atoms with E-state index in [1.54, 1.807) is 12.3 Å². The third-order valence-electron chi connectivity index (χ3n) is 2.47. The number of pyridine rings is 1. The van der Waals surface area contributed by atoms with Crippen LogP contribution in [0.3, 0.4) is 0 Å². The Morgan fingerprint density at radius 1 is 1.21 bits per heavy atom. The predicted molar refractivity (Wildman–Crippen MR) is 74.5 cm³/mol. The molecule has 1 aromatic heterocycles. The molecule has 0 radical (unpaired) electrons. The Morgan fingerprint density at radius 2 is 1.84 bits per heavy atom. The second kappa shape index (κ2) is 5.27. The molecule has 2 aromatic rings. The van der Waals surface area contributed by atoms with Gasteiger partial charge in [-0.2, -0.15) is 0 Å². The number of aromatic nitrogens is 1. The molecule has 0 aliphatic heterocycles. The zero-order chi connectivity index (χ0) is 14.0. The molecule has 0 atom stereocenters. The summed E-state index contributed by atoms with van der Waals surface area (Å²) in [5, 5.41) is 2.65. The SMILES string of the molecule is Cc1cncc(Nc2c(F)cc(C(N)=S)cc2F)c1. The van der Waals surface area contributed by atoms with Gasteiger partial charge in [0.1, 0.15) is 22.3 Å². The second-order valence-electron chi connectivity index (χ2n) is 4.06.